The Bertz CT molecular complexity index is 619. The Hall–Kier alpha value is -1.88. The predicted octanol–water partition coefficient (Wildman–Crippen LogP) is 3.88. The quantitative estimate of drug-likeness (QED) is 0.850. The average Bonchev–Trinajstić information content (AvgIpc) is 2.48. The van der Waals surface area contributed by atoms with Gasteiger partial charge in [0.2, 0.25) is 0 Å². The fourth-order valence-electron chi connectivity index (χ4n) is 1.89. The van der Waals surface area contributed by atoms with Crippen molar-refractivity contribution in [1.82, 2.24) is 9.97 Å². The summed E-state index contributed by atoms with van der Waals surface area (Å²) in [6.45, 7) is 2.61. The van der Waals surface area contributed by atoms with E-state index in [1.807, 2.05) is 13.1 Å². The van der Waals surface area contributed by atoms with E-state index in [2.05, 4.69) is 27.5 Å². The topological polar surface area (TPSA) is 49.8 Å². The van der Waals surface area contributed by atoms with Crippen LogP contribution in [0.5, 0.6) is 0 Å². The van der Waals surface area contributed by atoms with E-state index in [9.17, 15) is 4.39 Å². The van der Waals surface area contributed by atoms with Gasteiger partial charge in [0.25, 0.3) is 0 Å². The van der Waals surface area contributed by atoms with Gasteiger partial charge in [-0.3, -0.25) is 0 Å². The maximum absolute atomic E-state index is 13.1. The average molecular weight is 309 g/mol. The Morgan fingerprint density at radius 3 is 2.62 bits per heavy atom. The molecule has 1 heterocycles. The first kappa shape index (κ1) is 15.5. The highest BCUT2D eigenvalue weighted by molar-refractivity contribution is 6.30. The molecule has 0 saturated heterocycles. The maximum atomic E-state index is 13.1. The van der Waals surface area contributed by atoms with E-state index >= 15 is 0 Å². The molecule has 0 fully saturated rings. The first-order chi connectivity index (χ1) is 10.1. The number of halogens is 2. The Morgan fingerprint density at radius 2 is 1.95 bits per heavy atom. The number of hydrogen-bond donors (Lipinski definition) is 2. The Labute approximate surface area is 128 Å². The van der Waals surface area contributed by atoms with E-state index in [1.54, 1.807) is 12.1 Å². The molecule has 21 heavy (non-hydrogen) atoms. The molecule has 2 rings (SSSR count). The molecule has 0 spiro atoms. The molecular weight excluding hydrogens is 291 g/mol. The summed E-state index contributed by atoms with van der Waals surface area (Å²) in [4.78, 5) is 8.85. The minimum absolute atomic E-state index is 0.125. The summed E-state index contributed by atoms with van der Waals surface area (Å²) in [6, 6.07) is 6.50. The molecule has 2 N–H and O–H groups in total. The molecule has 1 aromatic heterocycles. The van der Waals surface area contributed by atoms with Crippen LogP contribution in [0.2, 0.25) is 5.02 Å². The van der Waals surface area contributed by atoms with E-state index in [0.29, 0.717) is 6.54 Å². The van der Waals surface area contributed by atoms with Crippen molar-refractivity contribution in [2.24, 2.45) is 0 Å². The number of nitrogens with zero attached hydrogens (tertiary/aromatic N) is 2. The first-order valence-electron chi connectivity index (χ1n) is 6.86. The molecule has 4 nitrogen and oxygen atoms in total. The van der Waals surface area contributed by atoms with Crippen molar-refractivity contribution in [3.05, 3.63) is 46.5 Å². The van der Waals surface area contributed by atoms with Crippen molar-refractivity contribution in [1.29, 1.82) is 0 Å². The van der Waals surface area contributed by atoms with Crippen molar-refractivity contribution in [2.45, 2.75) is 26.3 Å². The minimum Gasteiger partial charge on any atom is -0.373 e. The molecule has 0 atom stereocenters. The molecule has 2 aromatic rings. The van der Waals surface area contributed by atoms with E-state index in [1.165, 1.54) is 6.07 Å². The first-order valence-corrected chi connectivity index (χ1v) is 7.23. The highest BCUT2D eigenvalue weighted by Gasteiger charge is 2.05. The van der Waals surface area contributed by atoms with Crippen LogP contribution in [0.4, 0.5) is 16.0 Å². The van der Waals surface area contributed by atoms with Crippen molar-refractivity contribution < 1.29 is 4.39 Å². The molecular formula is C15H18ClFN4. The van der Waals surface area contributed by atoms with E-state index in [0.717, 1.165) is 35.9 Å². The lowest BCUT2D eigenvalue weighted by molar-refractivity contribution is 0.627. The normalized spacial score (nSPS) is 10.5. The molecule has 0 saturated carbocycles. The lowest BCUT2D eigenvalue weighted by Gasteiger charge is -2.10. The van der Waals surface area contributed by atoms with Gasteiger partial charge in [-0.05, 0) is 24.1 Å². The second-order valence-corrected chi connectivity index (χ2v) is 5.06. The smallest absolute Gasteiger partial charge is 0.141 e. The van der Waals surface area contributed by atoms with Crippen molar-refractivity contribution in [3.8, 4) is 0 Å². The molecule has 0 amide bonds. The van der Waals surface area contributed by atoms with Gasteiger partial charge in [-0.1, -0.05) is 24.6 Å². The molecule has 1 aromatic carbocycles. The van der Waals surface area contributed by atoms with E-state index in [4.69, 9.17) is 11.6 Å². The summed E-state index contributed by atoms with van der Waals surface area (Å²) < 4.78 is 13.1. The third-order valence-electron chi connectivity index (χ3n) is 2.96. The molecule has 0 unspecified atom stereocenters. The second-order valence-electron chi connectivity index (χ2n) is 4.66. The van der Waals surface area contributed by atoms with Gasteiger partial charge in [0.1, 0.15) is 23.3 Å². The zero-order chi connectivity index (χ0) is 15.2. The molecule has 112 valence electrons. The van der Waals surface area contributed by atoms with E-state index in [-0.39, 0.29) is 5.02 Å². The molecule has 0 bridgehead atoms. The summed E-state index contributed by atoms with van der Waals surface area (Å²) in [5.74, 6) is 1.89. The number of nitrogens with one attached hydrogen (secondary N) is 2. The Morgan fingerprint density at radius 1 is 1.19 bits per heavy atom. The maximum Gasteiger partial charge on any atom is 0.141 e. The molecule has 6 heteroatoms. The number of anilines is 2. The third kappa shape index (κ3) is 4.29. The minimum atomic E-state index is -0.412. The van der Waals surface area contributed by atoms with Crippen LogP contribution >= 0.6 is 11.6 Å². The van der Waals surface area contributed by atoms with Crippen LogP contribution in [0.15, 0.2) is 24.3 Å². The Balaban J connectivity index is 2.11. The fraction of sp³-hybridized carbons (Fsp3) is 0.333. The standard InChI is InChI=1S/C15H18ClFN4/c1-3-4-13-20-14(18-2)8-15(21-13)19-9-10-5-6-12(17)11(16)7-10/h5-8H,3-4,9H2,1-2H3,(H2,18,19,20,21). The highest BCUT2D eigenvalue weighted by Crippen LogP contribution is 2.18. The summed E-state index contributed by atoms with van der Waals surface area (Å²) >= 11 is 5.77. The SMILES string of the molecule is CCCc1nc(NC)cc(NCc2ccc(F)c(Cl)c2)n1. The lowest BCUT2D eigenvalue weighted by atomic mass is 10.2. The van der Waals surface area contributed by atoms with Crippen molar-refractivity contribution in [2.75, 3.05) is 17.7 Å². The van der Waals surface area contributed by atoms with Crippen LogP contribution in [0, 0.1) is 5.82 Å². The zero-order valence-electron chi connectivity index (χ0n) is 12.1. The van der Waals surface area contributed by atoms with Crippen LogP contribution in [0.25, 0.3) is 0 Å². The molecule has 0 aliphatic carbocycles. The van der Waals surface area contributed by atoms with E-state index < -0.39 is 5.82 Å². The summed E-state index contributed by atoms with van der Waals surface area (Å²) in [5.41, 5.74) is 0.892. The number of benzene rings is 1. The van der Waals surface area contributed by atoms with Crippen LogP contribution < -0.4 is 10.6 Å². The zero-order valence-corrected chi connectivity index (χ0v) is 12.8. The summed E-state index contributed by atoms with van der Waals surface area (Å²) in [6.07, 6.45) is 1.81. The van der Waals surface area contributed by atoms with Gasteiger partial charge in [0.15, 0.2) is 0 Å². The lowest BCUT2D eigenvalue weighted by Crippen LogP contribution is -2.06. The van der Waals surface area contributed by atoms with Gasteiger partial charge in [0.05, 0.1) is 5.02 Å². The van der Waals surface area contributed by atoms with Gasteiger partial charge in [-0.25, -0.2) is 14.4 Å². The van der Waals surface area contributed by atoms with Gasteiger partial charge >= 0.3 is 0 Å². The molecule has 0 radical (unpaired) electrons. The number of aryl methyl sites for hydroxylation is 1. The summed E-state index contributed by atoms with van der Waals surface area (Å²) in [5, 5.41) is 6.35. The monoisotopic (exact) mass is 308 g/mol. The predicted molar refractivity (Wildman–Crippen MR) is 84.3 cm³/mol. The molecule has 0 aliphatic heterocycles. The van der Waals surface area contributed by atoms with Gasteiger partial charge in [-0.15, -0.1) is 0 Å². The van der Waals surface area contributed by atoms with Crippen LogP contribution in [-0.4, -0.2) is 17.0 Å². The largest absolute Gasteiger partial charge is 0.373 e. The van der Waals surface area contributed by atoms with Crippen LogP contribution in [0.1, 0.15) is 24.7 Å². The highest BCUT2D eigenvalue weighted by atomic mass is 35.5. The second kappa shape index (κ2) is 7.22. The number of rotatable bonds is 6. The number of hydrogen-bond acceptors (Lipinski definition) is 4. The Kier molecular flexibility index (Phi) is 5.33. The summed E-state index contributed by atoms with van der Waals surface area (Å²) in [7, 11) is 1.82. The van der Waals surface area contributed by atoms with Gasteiger partial charge in [0, 0.05) is 26.1 Å². The van der Waals surface area contributed by atoms with Crippen LogP contribution in [0.3, 0.4) is 0 Å². The van der Waals surface area contributed by atoms with Crippen LogP contribution in [-0.2, 0) is 13.0 Å². The van der Waals surface area contributed by atoms with Crippen molar-refractivity contribution >= 4 is 23.2 Å². The number of aromatic nitrogens is 2. The van der Waals surface area contributed by atoms with Crippen molar-refractivity contribution in [3.63, 3.8) is 0 Å². The van der Waals surface area contributed by atoms with Gasteiger partial charge in [-0.2, -0.15) is 0 Å². The fourth-order valence-corrected chi connectivity index (χ4v) is 2.10. The third-order valence-corrected chi connectivity index (χ3v) is 3.25. The van der Waals surface area contributed by atoms with Gasteiger partial charge < -0.3 is 10.6 Å². The molecule has 0 aliphatic rings.